The van der Waals surface area contributed by atoms with E-state index in [2.05, 4.69) is 10.3 Å². The lowest BCUT2D eigenvalue weighted by Crippen LogP contribution is -2.46. The summed E-state index contributed by atoms with van der Waals surface area (Å²) in [4.78, 5) is 46.3. The molecule has 196 valence electrons. The maximum absolute atomic E-state index is 14.1. The van der Waals surface area contributed by atoms with E-state index in [0.717, 1.165) is 36.2 Å². The molecule has 8 nitrogen and oxygen atoms in total. The highest BCUT2D eigenvalue weighted by Crippen LogP contribution is 2.30. The van der Waals surface area contributed by atoms with Crippen molar-refractivity contribution < 1.29 is 9.18 Å². The summed E-state index contributed by atoms with van der Waals surface area (Å²) in [6.07, 6.45) is 5.13. The number of pyridine rings is 1. The second-order valence-electron chi connectivity index (χ2n) is 10.1. The van der Waals surface area contributed by atoms with Crippen LogP contribution < -0.4 is 21.5 Å². The molecule has 2 fully saturated rings. The van der Waals surface area contributed by atoms with E-state index in [9.17, 15) is 18.8 Å². The smallest absolute Gasteiger partial charge is 0.333 e. The Bertz CT molecular complexity index is 1420. The highest BCUT2D eigenvalue weighted by atomic mass is 32.2. The van der Waals surface area contributed by atoms with E-state index in [1.807, 2.05) is 55.0 Å². The van der Waals surface area contributed by atoms with E-state index >= 15 is 0 Å². The Balaban J connectivity index is 1.40. The van der Waals surface area contributed by atoms with Crippen LogP contribution >= 0.6 is 11.8 Å². The summed E-state index contributed by atoms with van der Waals surface area (Å²) in [5.74, 6) is 1.14. The molecule has 0 unspecified atom stereocenters. The largest absolute Gasteiger partial charge is 0.377 e. The first-order valence-electron chi connectivity index (χ1n) is 12.8. The molecule has 1 amide bonds. The van der Waals surface area contributed by atoms with Gasteiger partial charge in [0.15, 0.2) is 0 Å². The van der Waals surface area contributed by atoms with Crippen molar-refractivity contribution in [2.24, 2.45) is 0 Å². The maximum Gasteiger partial charge on any atom is 0.333 e. The standard InChI is InChI=1S/C27H32FN5O3S/c1-31(2)23-6-4-3-5-21(23)25(34)30-18-7-9-19(10-8-18)33-26(35)22-15-17(28)16-29-24(22)32(27(33)36)20-11-13-37-14-12-20/h3-6,15-16,18-20H,7-14H2,1-2H3,(H,30,34). The van der Waals surface area contributed by atoms with Gasteiger partial charge in [0.1, 0.15) is 11.5 Å². The van der Waals surface area contributed by atoms with Crippen molar-refractivity contribution in [2.75, 3.05) is 30.5 Å². The highest BCUT2D eigenvalue weighted by Gasteiger charge is 2.30. The molecule has 3 aromatic rings. The second kappa shape index (κ2) is 10.7. The summed E-state index contributed by atoms with van der Waals surface area (Å²) < 4.78 is 17.1. The molecule has 1 saturated heterocycles. The van der Waals surface area contributed by atoms with Gasteiger partial charge < -0.3 is 10.2 Å². The minimum atomic E-state index is -0.593. The van der Waals surface area contributed by atoms with Crippen molar-refractivity contribution in [1.82, 2.24) is 19.4 Å². The molecule has 5 rings (SSSR count). The van der Waals surface area contributed by atoms with E-state index in [0.29, 0.717) is 31.2 Å². The topological polar surface area (TPSA) is 89.2 Å². The van der Waals surface area contributed by atoms with Crippen LogP contribution in [0.5, 0.6) is 0 Å². The fraction of sp³-hybridized carbons (Fsp3) is 0.481. The molecule has 1 aliphatic carbocycles. The molecule has 2 aliphatic rings. The molecule has 1 aromatic carbocycles. The number of thioether (sulfide) groups is 1. The van der Waals surface area contributed by atoms with E-state index in [4.69, 9.17) is 0 Å². The first-order valence-corrected chi connectivity index (χ1v) is 14.0. The van der Waals surface area contributed by atoms with Crippen molar-refractivity contribution in [3.8, 4) is 0 Å². The third-order valence-corrected chi connectivity index (χ3v) is 8.56. The van der Waals surface area contributed by atoms with Crippen LogP contribution in [0.25, 0.3) is 11.0 Å². The Kier molecular flexibility index (Phi) is 7.37. The average molecular weight is 526 g/mol. The number of aromatic nitrogens is 3. The Morgan fingerprint density at radius 3 is 2.41 bits per heavy atom. The maximum atomic E-state index is 14.1. The van der Waals surface area contributed by atoms with Crippen LogP contribution in [-0.2, 0) is 0 Å². The lowest BCUT2D eigenvalue weighted by Gasteiger charge is -2.32. The van der Waals surface area contributed by atoms with Gasteiger partial charge in [-0.25, -0.2) is 14.2 Å². The number of amides is 1. The van der Waals surface area contributed by atoms with Gasteiger partial charge in [0.05, 0.1) is 17.1 Å². The zero-order valence-electron chi connectivity index (χ0n) is 21.2. The van der Waals surface area contributed by atoms with Crippen molar-refractivity contribution in [3.63, 3.8) is 0 Å². The number of hydrogen-bond donors (Lipinski definition) is 1. The van der Waals surface area contributed by atoms with Crippen LogP contribution in [0.1, 0.15) is 61.0 Å². The molecule has 1 saturated carbocycles. The Labute approximate surface area is 218 Å². The molecular formula is C27H32FN5O3S. The number of benzene rings is 1. The first kappa shape index (κ1) is 25.5. The molecule has 1 N–H and O–H groups in total. The van der Waals surface area contributed by atoms with Crippen LogP contribution in [-0.4, -0.2) is 51.7 Å². The number of para-hydroxylation sites is 1. The molecule has 1 aliphatic heterocycles. The van der Waals surface area contributed by atoms with E-state index in [1.54, 1.807) is 4.57 Å². The molecule has 0 spiro atoms. The number of hydrogen-bond acceptors (Lipinski definition) is 6. The van der Waals surface area contributed by atoms with Gasteiger partial charge in [0.25, 0.3) is 11.5 Å². The zero-order valence-corrected chi connectivity index (χ0v) is 22.0. The molecule has 10 heteroatoms. The van der Waals surface area contributed by atoms with Crippen LogP contribution in [0, 0.1) is 5.82 Å². The van der Waals surface area contributed by atoms with Crippen LogP contribution in [0.15, 0.2) is 46.1 Å². The number of anilines is 1. The summed E-state index contributed by atoms with van der Waals surface area (Å²) >= 11 is 1.85. The van der Waals surface area contributed by atoms with Crippen molar-refractivity contribution in [1.29, 1.82) is 0 Å². The lowest BCUT2D eigenvalue weighted by molar-refractivity contribution is 0.0922. The van der Waals surface area contributed by atoms with Crippen LogP contribution in [0.3, 0.4) is 0 Å². The van der Waals surface area contributed by atoms with Gasteiger partial charge in [-0.05, 0) is 68.2 Å². The number of rotatable bonds is 5. The summed E-state index contributed by atoms with van der Waals surface area (Å²) in [6, 6.07) is 8.25. The molecule has 2 aromatic heterocycles. The Morgan fingerprint density at radius 2 is 1.70 bits per heavy atom. The number of carbonyl (C=O) groups is 1. The minimum Gasteiger partial charge on any atom is -0.377 e. The molecule has 0 bridgehead atoms. The third-order valence-electron chi connectivity index (χ3n) is 7.51. The molecule has 0 radical (unpaired) electrons. The lowest BCUT2D eigenvalue weighted by atomic mass is 9.90. The van der Waals surface area contributed by atoms with Crippen LogP contribution in [0.2, 0.25) is 0 Å². The fourth-order valence-corrected chi connectivity index (χ4v) is 6.68. The fourth-order valence-electron chi connectivity index (χ4n) is 5.60. The summed E-state index contributed by atoms with van der Waals surface area (Å²) in [6.45, 7) is 0. The van der Waals surface area contributed by atoms with Gasteiger partial charge in [-0.3, -0.25) is 18.7 Å². The van der Waals surface area contributed by atoms with Gasteiger partial charge in [0.2, 0.25) is 0 Å². The van der Waals surface area contributed by atoms with Gasteiger partial charge in [-0.1, -0.05) is 12.1 Å². The zero-order chi connectivity index (χ0) is 26.1. The van der Waals surface area contributed by atoms with Gasteiger partial charge in [-0.2, -0.15) is 11.8 Å². The molecule has 0 atom stereocenters. The van der Waals surface area contributed by atoms with Crippen LogP contribution in [0.4, 0.5) is 10.1 Å². The van der Waals surface area contributed by atoms with Gasteiger partial charge in [-0.15, -0.1) is 0 Å². The van der Waals surface area contributed by atoms with Gasteiger partial charge >= 0.3 is 5.69 Å². The SMILES string of the molecule is CN(C)c1ccccc1C(=O)NC1CCC(n2c(=O)c3cc(F)cnc3n(C3CCSCC3)c2=O)CC1. The average Bonchev–Trinajstić information content (AvgIpc) is 2.90. The monoisotopic (exact) mass is 525 g/mol. The van der Waals surface area contributed by atoms with Crippen molar-refractivity contribution in [3.05, 3.63) is 68.7 Å². The normalized spacial score (nSPS) is 20.6. The van der Waals surface area contributed by atoms with E-state index in [-0.39, 0.29) is 40.8 Å². The summed E-state index contributed by atoms with van der Waals surface area (Å²) in [7, 11) is 3.80. The molecular weight excluding hydrogens is 493 g/mol. The Morgan fingerprint density at radius 1 is 1.03 bits per heavy atom. The summed E-state index contributed by atoms with van der Waals surface area (Å²) in [5, 5.41) is 3.28. The van der Waals surface area contributed by atoms with Crippen molar-refractivity contribution >= 4 is 34.4 Å². The second-order valence-corrected chi connectivity index (χ2v) is 11.3. The third kappa shape index (κ3) is 5.03. The van der Waals surface area contributed by atoms with E-state index in [1.165, 1.54) is 10.6 Å². The number of nitrogens with one attached hydrogen (secondary N) is 1. The van der Waals surface area contributed by atoms with E-state index < -0.39 is 11.4 Å². The highest BCUT2D eigenvalue weighted by molar-refractivity contribution is 7.99. The predicted octanol–water partition coefficient (Wildman–Crippen LogP) is 3.75. The molecule has 37 heavy (non-hydrogen) atoms. The molecule has 3 heterocycles. The number of halogens is 1. The van der Waals surface area contributed by atoms with Crippen molar-refractivity contribution in [2.45, 2.75) is 56.7 Å². The number of fused-ring (bicyclic) bond motifs is 1. The Hall–Kier alpha value is -3.14. The quantitative estimate of drug-likeness (QED) is 0.546. The number of carbonyl (C=O) groups excluding carboxylic acids is 1. The first-order chi connectivity index (χ1) is 17.8. The minimum absolute atomic E-state index is 0.0492. The predicted molar refractivity (Wildman–Crippen MR) is 145 cm³/mol. The van der Waals surface area contributed by atoms with Gasteiger partial charge in [0, 0.05) is 37.9 Å². The summed E-state index contributed by atoms with van der Waals surface area (Å²) in [5.41, 5.74) is 0.883. The number of nitrogens with zero attached hydrogens (tertiary/aromatic N) is 4.